The zero-order chi connectivity index (χ0) is 12.1. The molecule has 0 saturated carbocycles. The number of rotatable bonds is 3. The number of aliphatic hydroxyl groups is 2. The maximum absolute atomic E-state index is 9.02. The summed E-state index contributed by atoms with van der Waals surface area (Å²) in [5.74, 6) is 0. The molecule has 2 aromatic carbocycles. The molecule has 0 saturated heterocycles. The molecule has 2 rings (SSSR count). The molecule has 0 spiro atoms. The van der Waals surface area contributed by atoms with Gasteiger partial charge in [0.05, 0.1) is 11.4 Å². The van der Waals surface area contributed by atoms with Crippen LogP contribution in [0.2, 0.25) is 0 Å². The van der Waals surface area contributed by atoms with E-state index in [1.165, 1.54) is 0 Å². The lowest BCUT2D eigenvalue weighted by Gasteiger charge is -2.02. The molecule has 2 aromatic rings. The Hall–Kier alpha value is -2.04. The molecule has 0 amide bonds. The Kier molecular flexibility index (Phi) is 3.59. The van der Waals surface area contributed by atoms with Crippen molar-refractivity contribution < 1.29 is 10.2 Å². The van der Waals surface area contributed by atoms with Gasteiger partial charge in [-0.2, -0.15) is 10.2 Å². The van der Waals surface area contributed by atoms with Crippen LogP contribution in [0.5, 0.6) is 0 Å². The summed E-state index contributed by atoms with van der Waals surface area (Å²) in [7, 11) is 0. The van der Waals surface area contributed by atoms with Crippen molar-refractivity contribution in [2.45, 2.75) is 6.29 Å². The van der Waals surface area contributed by atoms with Gasteiger partial charge >= 0.3 is 0 Å². The molecule has 0 aromatic heterocycles. The first kappa shape index (κ1) is 11.4. The van der Waals surface area contributed by atoms with E-state index in [-0.39, 0.29) is 0 Å². The predicted molar refractivity (Wildman–Crippen MR) is 64.2 cm³/mol. The average Bonchev–Trinajstić information content (AvgIpc) is 2.38. The third kappa shape index (κ3) is 3.21. The molecule has 17 heavy (non-hydrogen) atoms. The molecule has 0 fully saturated rings. The quantitative estimate of drug-likeness (QED) is 0.626. The van der Waals surface area contributed by atoms with Crippen molar-refractivity contribution in [2.75, 3.05) is 0 Å². The van der Waals surface area contributed by atoms with Crippen molar-refractivity contribution in [3.63, 3.8) is 0 Å². The fraction of sp³-hybridized carbons (Fsp3) is 0.0769. The Bertz CT molecular complexity index is 510. The molecule has 0 bridgehead atoms. The molecule has 86 valence electrons. The molecule has 4 heteroatoms. The number of nitrogens with zero attached hydrogens (tertiary/aromatic N) is 2. The smallest absolute Gasteiger partial charge is 0.178 e. The first-order valence-corrected chi connectivity index (χ1v) is 5.18. The minimum absolute atomic E-state index is 0.398. The summed E-state index contributed by atoms with van der Waals surface area (Å²) in [4.78, 5) is 0. The molecular formula is C13H12N2O2. The van der Waals surface area contributed by atoms with E-state index in [1.54, 1.807) is 24.3 Å². The van der Waals surface area contributed by atoms with Crippen LogP contribution in [0.25, 0.3) is 0 Å². The Balaban J connectivity index is 2.19. The number of aliphatic hydroxyl groups excluding tert-OH is 1. The average molecular weight is 228 g/mol. The van der Waals surface area contributed by atoms with Crippen molar-refractivity contribution in [3.05, 3.63) is 60.2 Å². The van der Waals surface area contributed by atoms with E-state index < -0.39 is 6.29 Å². The zero-order valence-corrected chi connectivity index (χ0v) is 9.06. The summed E-state index contributed by atoms with van der Waals surface area (Å²) in [5, 5.41) is 26.1. The van der Waals surface area contributed by atoms with Gasteiger partial charge in [-0.25, -0.2) is 0 Å². The highest BCUT2D eigenvalue weighted by Gasteiger charge is 2.02. The monoisotopic (exact) mass is 228 g/mol. The fourth-order valence-electron chi connectivity index (χ4n) is 1.36. The van der Waals surface area contributed by atoms with E-state index in [1.807, 2.05) is 30.3 Å². The number of hydrogen-bond donors (Lipinski definition) is 2. The third-order valence-electron chi connectivity index (χ3n) is 2.21. The molecule has 0 atom stereocenters. The lowest BCUT2D eigenvalue weighted by atomic mass is 10.2. The maximum Gasteiger partial charge on any atom is 0.178 e. The van der Waals surface area contributed by atoms with Crippen molar-refractivity contribution >= 4 is 11.4 Å². The van der Waals surface area contributed by atoms with Crippen LogP contribution in [0.1, 0.15) is 11.9 Å². The molecular weight excluding hydrogens is 216 g/mol. The molecule has 0 aliphatic heterocycles. The molecule has 0 aliphatic rings. The van der Waals surface area contributed by atoms with Gasteiger partial charge in [-0.3, -0.25) is 0 Å². The zero-order valence-electron chi connectivity index (χ0n) is 9.06. The van der Waals surface area contributed by atoms with Crippen molar-refractivity contribution in [1.82, 2.24) is 0 Å². The van der Waals surface area contributed by atoms with Crippen molar-refractivity contribution in [1.29, 1.82) is 0 Å². The lowest BCUT2D eigenvalue weighted by molar-refractivity contribution is -0.0424. The van der Waals surface area contributed by atoms with Crippen LogP contribution in [-0.2, 0) is 0 Å². The number of hydrogen-bond acceptors (Lipinski definition) is 4. The van der Waals surface area contributed by atoms with Gasteiger partial charge in [0.2, 0.25) is 0 Å². The second kappa shape index (κ2) is 5.34. The third-order valence-corrected chi connectivity index (χ3v) is 2.21. The van der Waals surface area contributed by atoms with Crippen molar-refractivity contribution in [3.8, 4) is 0 Å². The molecule has 0 radical (unpaired) electrons. The maximum atomic E-state index is 9.02. The highest BCUT2D eigenvalue weighted by atomic mass is 16.5. The largest absolute Gasteiger partial charge is 0.364 e. The van der Waals surface area contributed by atoms with E-state index >= 15 is 0 Å². The molecule has 2 N–H and O–H groups in total. The molecule has 0 aliphatic carbocycles. The Labute approximate surface area is 98.9 Å². The van der Waals surface area contributed by atoms with Gasteiger partial charge in [-0.1, -0.05) is 30.3 Å². The van der Waals surface area contributed by atoms with Crippen LogP contribution in [0.3, 0.4) is 0 Å². The summed E-state index contributed by atoms with van der Waals surface area (Å²) in [6, 6.07) is 16.0. The summed E-state index contributed by atoms with van der Waals surface area (Å²) in [6.45, 7) is 0. The van der Waals surface area contributed by atoms with Gasteiger partial charge in [-0.05, 0) is 24.3 Å². The lowest BCUT2D eigenvalue weighted by Crippen LogP contribution is -1.92. The van der Waals surface area contributed by atoms with Crippen LogP contribution >= 0.6 is 0 Å². The van der Waals surface area contributed by atoms with Gasteiger partial charge in [0.25, 0.3) is 0 Å². The molecule has 0 heterocycles. The topological polar surface area (TPSA) is 65.2 Å². The van der Waals surface area contributed by atoms with E-state index in [9.17, 15) is 0 Å². The Morgan fingerprint density at radius 3 is 2.12 bits per heavy atom. The minimum Gasteiger partial charge on any atom is -0.364 e. The Morgan fingerprint density at radius 1 is 0.765 bits per heavy atom. The van der Waals surface area contributed by atoms with Crippen molar-refractivity contribution in [2.24, 2.45) is 10.2 Å². The number of azo groups is 1. The van der Waals surface area contributed by atoms with E-state index in [2.05, 4.69) is 10.2 Å². The summed E-state index contributed by atoms with van der Waals surface area (Å²) in [5.41, 5.74) is 1.73. The van der Waals surface area contributed by atoms with Crippen LogP contribution in [0.4, 0.5) is 11.4 Å². The molecule has 0 unspecified atom stereocenters. The van der Waals surface area contributed by atoms with E-state index in [0.717, 1.165) is 5.69 Å². The van der Waals surface area contributed by atoms with Crippen LogP contribution < -0.4 is 0 Å². The number of benzene rings is 2. The predicted octanol–water partition coefficient (Wildman–Crippen LogP) is 3.09. The standard InChI is InChI=1S/C13H12N2O2/c16-13(17)10-5-4-8-12(9-10)15-14-11-6-2-1-3-7-11/h1-9,13,16-17H. The van der Waals surface area contributed by atoms with Crippen LogP contribution in [-0.4, -0.2) is 10.2 Å². The van der Waals surface area contributed by atoms with E-state index in [0.29, 0.717) is 11.3 Å². The Morgan fingerprint density at radius 2 is 1.41 bits per heavy atom. The van der Waals surface area contributed by atoms with Gasteiger partial charge in [0.1, 0.15) is 0 Å². The summed E-state index contributed by atoms with van der Waals surface area (Å²) >= 11 is 0. The highest BCUT2D eigenvalue weighted by molar-refractivity contribution is 5.42. The first-order chi connectivity index (χ1) is 8.25. The highest BCUT2D eigenvalue weighted by Crippen LogP contribution is 2.21. The van der Waals surface area contributed by atoms with Gasteiger partial charge in [0, 0.05) is 5.56 Å². The fourth-order valence-corrected chi connectivity index (χ4v) is 1.36. The summed E-state index contributed by atoms with van der Waals surface area (Å²) in [6.07, 6.45) is -1.48. The van der Waals surface area contributed by atoms with Crippen LogP contribution in [0, 0.1) is 0 Å². The van der Waals surface area contributed by atoms with Gasteiger partial charge < -0.3 is 10.2 Å². The van der Waals surface area contributed by atoms with E-state index in [4.69, 9.17) is 10.2 Å². The van der Waals surface area contributed by atoms with Crippen LogP contribution in [0.15, 0.2) is 64.8 Å². The first-order valence-electron chi connectivity index (χ1n) is 5.18. The minimum atomic E-state index is -1.48. The second-order valence-corrected chi connectivity index (χ2v) is 3.50. The summed E-state index contributed by atoms with van der Waals surface area (Å²) < 4.78 is 0. The normalized spacial score (nSPS) is 11.2. The second-order valence-electron chi connectivity index (χ2n) is 3.50. The SMILES string of the molecule is OC(O)c1cccc(N=Nc2ccccc2)c1. The van der Waals surface area contributed by atoms with Gasteiger partial charge in [-0.15, -0.1) is 0 Å². The molecule has 4 nitrogen and oxygen atoms in total. The van der Waals surface area contributed by atoms with Gasteiger partial charge in [0.15, 0.2) is 6.29 Å².